The van der Waals surface area contributed by atoms with Gasteiger partial charge in [0.05, 0.1) is 0 Å². The molecule has 0 radical (unpaired) electrons. The third-order valence-corrected chi connectivity index (χ3v) is 4.95. The van der Waals surface area contributed by atoms with E-state index < -0.39 is 0 Å². The highest BCUT2D eigenvalue weighted by atomic mass is 79.9. The molecule has 4 rings (SSSR count). The summed E-state index contributed by atoms with van der Waals surface area (Å²) in [6.07, 6.45) is 3.23. The second-order valence-corrected chi connectivity index (χ2v) is 7.02. The van der Waals surface area contributed by atoms with Crippen molar-refractivity contribution in [3.05, 3.63) is 51.2 Å². The van der Waals surface area contributed by atoms with Crippen molar-refractivity contribution in [2.45, 2.75) is 25.2 Å². The van der Waals surface area contributed by atoms with Gasteiger partial charge in [-0.05, 0) is 55.2 Å². The van der Waals surface area contributed by atoms with Crippen LogP contribution in [0.3, 0.4) is 0 Å². The fourth-order valence-corrected chi connectivity index (χ4v) is 3.20. The minimum absolute atomic E-state index is 0.523. The summed E-state index contributed by atoms with van der Waals surface area (Å²) < 4.78 is 2.93. The van der Waals surface area contributed by atoms with E-state index in [0.717, 1.165) is 39.8 Å². The van der Waals surface area contributed by atoms with Crippen LogP contribution in [-0.2, 0) is 6.42 Å². The van der Waals surface area contributed by atoms with Crippen molar-refractivity contribution in [3.63, 3.8) is 0 Å². The molecule has 1 aromatic carbocycles. The average Bonchev–Trinajstić information content (AvgIpc) is 3.30. The summed E-state index contributed by atoms with van der Waals surface area (Å²) >= 11 is 9.60. The van der Waals surface area contributed by atoms with E-state index in [1.54, 1.807) is 0 Å². The lowest BCUT2D eigenvalue weighted by atomic mass is 10.1. The number of anilines is 1. The maximum Gasteiger partial charge on any atom is 0.178 e. The number of nitrogens with one attached hydrogen (secondary N) is 1. The summed E-state index contributed by atoms with van der Waals surface area (Å²) in [6.45, 7) is 0.776. The Hall–Kier alpha value is -1.66. The van der Waals surface area contributed by atoms with Crippen molar-refractivity contribution < 1.29 is 0 Å². The fourth-order valence-electron chi connectivity index (χ4n) is 2.56. The molecule has 23 heavy (non-hydrogen) atoms. The second-order valence-electron chi connectivity index (χ2n) is 5.73. The van der Waals surface area contributed by atoms with Crippen molar-refractivity contribution in [2.75, 3.05) is 11.9 Å². The molecule has 5 nitrogen and oxygen atoms in total. The predicted molar refractivity (Wildman–Crippen MR) is 94.1 cm³/mol. The molecule has 1 fully saturated rings. The Bertz CT molecular complexity index is 859. The molecule has 0 spiro atoms. The number of halogens is 2. The Morgan fingerprint density at radius 1 is 1.22 bits per heavy atom. The maximum atomic E-state index is 6.05. The van der Waals surface area contributed by atoms with Crippen molar-refractivity contribution >= 4 is 39.0 Å². The summed E-state index contributed by atoms with van der Waals surface area (Å²) in [5.41, 5.74) is 1.98. The van der Waals surface area contributed by atoms with Crippen LogP contribution in [0.1, 0.15) is 30.1 Å². The Balaban J connectivity index is 1.47. The van der Waals surface area contributed by atoms with Crippen LogP contribution < -0.4 is 5.32 Å². The molecule has 2 heterocycles. The number of hydrogen-bond donors (Lipinski definition) is 1. The SMILES string of the molecule is Clc1ccc(Br)c(CCNc2ccc3nnc(C4CC4)n3n2)c1. The Labute approximate surface area is 147 Å². The second kappa shape index (κ2) is 6.09. The standard InChI is InChI=1S/C16H15BrClN5/c17-13-4-3-12(18)9-11(13)7-8-19-14-5-6-15-20-21-16(10-1-2-10)23(15)22-14/h3-6,9-10H,1-2,7-8H2,(H,19,22). The molecule has 3 aromatic rings. The highest BCUT2D eigenvalue weighted by molar-refractivity contribution is 9.10. The predicted octanol–water partition coefficient (Wildman–Crippen LogP) is 4.07. The van der Waals surface area contributed by atoms with Crippen LogP contribution >= 0.6 is 27.5 Å². The first kappa shape index (κ1) is 14.9. The molecule has 1 saturated carbocycles. The Morgan fingerprint density at radius 2 is 2.09 bits per heavy atom. The molecule has 0 amide bonds. The number of aromatic nitrogens is 4. The van der Waals surface area contributed by atoms with Crippen molar-refractivity contribution in [3.8, 4) is 0 Å². The molecule has 1 aliphatic rings. The summed E-state index contributed by atoms with van der Waals surface area (Å²) in [5, 5.41) is 17.1. The van der Waals surface area contributed by atoms with Gasteiger partial charge in [-0.3, -0.25) is 0 Å². The molecule has 0 aliphatic heterocycles. The van der Waals surface area contributed by atoms with E-state index >= 15 is 0 Å². The quantitative estimate of drug-likeness (QED) is 0.711. The third-order valence-electron chi connectivity index (χ3n) is 3.94. The van der Waals surface area contributed by atoms with Crippen LogP contribution in [0.2, 0.25) is 5.02 Å². The monoisotopic (exact) mass is 391 g/mol. The van der Waals surface area contributed by atoms with Gasteiger partial charge in [0.2, 0.25) is 0 Å². The van der Waals surface area contributed by atoms with E-state index in [-0.39, 0.29) is 0 Å². The van der Waals surface area contributed by atoms with E-state index in [1.165, 1.54) is 18.4 Å². The van der Waals surface area contributed by atoms with Crippen molar-refractivity contribution in [1.82, 2.24) is 19.8 Å². The molecule has 118 valence electrons. The number of nitrogens with zero attached hydrogens (tertiary/aromatic N) is 4. The maximum absolute atomic E-state index is 6.05. The number of hydrogen-bond acceptors (Lipinski definition) is 4. The molecule has 7 heteroatoms. The van der Waals surface area contributed by atoms with Crippen LogP contribution in [0.15, 0.2) is 34.8 Å². The van der Waals surface area contributed by atoms with Gasteiger partial charge in [0.25, 0.3) is 0 Å². The number of rotatable bonds is 5. The summed E-state index contributed by atoms with van der Waals surface area (Å²) in [5.74, 6) is 2.33. The normalized spacial score (nSPS) is 14.3. The smallest absolute Gasteiger partial charge is 0.178 e. The van der Waals surface area contributed by atoms with Gasteiger partial charge in [0.1, 0.15) is 5.82 Å². The topological polar surface area (TPSA) is 55.1 Å². The van der Waals surface area contributed by atoms with E-state index in [4.69, 9.17) is 11.6 Å². The zero-order valence-corrected chi connectivity index (χ0v) is 14.7. The van der Waals surface area contributed by atoms with Gasteiger partial charge in [-0.25, -0.2) is 0 Å². The molecule has 0 bridgehead atoms. The zero-order chi connectivity index (χ0) is 15.8. The lowest BCUT2D eigenvalue weighted by Gasteiger charge is -2.08. The van der Waals surface area contributed by atoms with Gasteiger partial charge in [-0.1, -0.05) is 27.5 Å². The summed E-state index contributed by atoms with van der Waals surface area (Å²) in [6, 6.07) is 9.72. The van der Waals surface area contributed by atoms with Gasteiger partial charge < -0.3 is 5.32 Å². The molecule has 0 unspecified atom stereocenters. The van der Waals surface area contributed by atoms with E-state index in [9.17, 15) is 0 Å². The highest BCUT2D eigenvalue weighted by Crippen LogP contribution is 2.38. The third kappa shape index (κ3) is 3.19. The number of benzene rings is 1. The minimum atomic E-state index is 0.523. The zero-order valence-electron chi connectivity index (χ0n) is 12.3. The molecule has 0 atom stereocenters. The van der Waals surface area contributed by atoms with E-state index in [2.05, 4.69) is 36.5 Å². The minimum Gasteiger partial charge on any atom is -0.368 e. The first-order chi connectivity index (χ1) is 11.2. The molecule has 2 aromatic heterocycles. The van der Waals surface area contributed by atoms with Gasteiger partial charge in [0, 0.05) is 22.0 Å². The highest BCUT2D eigenvalue weighted by Gasteiger charge is 2.29. The van der Waals surface area contributed by atoms with Gasteiger partial charge >= 0.3 is 0 Å². The van der Waals surface area contributed by atoms with E-state index in [1.807, 2.05) is 34.8 Å². The fraction of sp³-hybridized carbons (Fsp3) is 0.312. The molecular weight excluding hydrogens is 378 g/mol. The van der Waals surface area contributed by atoms with Crippen LogP contribution in [0.5, 0.6) is 0 Å². The largest absolute Gasteiger partial charge is 0.368 e. The lowest BCUT2D eigenvalue weighted by molar-refractivity contribution is 0.813. The first-order valence-corrected chi connectivity index (χ1v) is 8.78. The van der Waals surface area contributed by atoms with Gasteiger partial charge in [-0.15, -0.1) is 15.3 Å². The molecule has 0 saturated heterocycles. The lowest BCUT2D eigenvalue weighted by Crippen LogP contribution is -2.09. The average molecular weight is 393 g/mol. The number of fused-ring (bicyclic) bond motifs is 1. The summed E-state index contributed by atoms with van der Waals surface area (Å²) in [4.78, 5) is 0. The first-order valence-electron chi connectivity index (χ1n) is 7.61. The van der Waals surface area contributed by atoms with Crippen molar-refractivity contribution in [1.29, 1.82) is 0 Å². The van der Waals surface area contributed by atoms with Gasteiger partial charge in [0.15, 0.2) is 11.5 Å². The summed E-state index contributed by atoms with van der Waals surface area (Å²) in [7, 11) is 0. The van der Waals surface area contributed by atoms with Crippen LogP contribution in [-0.4, -0.2) is 26.4 Å². The van der Waals surface area contributed by atoms with E-state index in [0.29, 0.717) is 5.92 Å². The van der Waals surface area contributed by atoms with Crippen LogP contribution in [0.4, 0.5) is 5.82 Å². The Morgan fingerprint density at radius 3 is 2.91 bits per heavy atom. The van der Waals surface area contributed by atoms with Crippen LogP contribution in [0, 0.1) is 0 Å². The van der Waals surface area contributed by atoms with Crippen molar-refractivity contribution in [2.24, 2.45) is 0 Å². The molecule has 1 N–H and O–H groups in total. The Kier molecular flexibility index (Phi) is 3.95. The molecular formula is C16H15BrClN5. The van der Waals surface area contributed by atoms with Crippen LogP contribution in [0.25, 0.3) is 5.65 Å². The van der Waals surface area contributed by atoms with Gasteiger partial charge in [-0.2, -0.15) is 4.52 Å². The molecule has 1 aliphatic carbocycles.